The molecule has 0 saturated heterocycles. The molecule has 0 bridgehead atoms. The second-order valence-electron chi connectivity index (χ2n) is 4.51. The first-order chi connectivity index (χ1) is 6.61. The van der Waals surface area contributed by atoms with Gasteiger partial charge in [0.2, 0.25) is 0 Å². The summed E-state index contributed by atoms with van der Waals surface area (Å²) in [6.07, 6.45) is 4.86. The van der Waals surface area contributed by atoms with E-state index in [0.717, 1.165) is 19.3 Å². The molecule has 0 radical (unpaired) electrons. The molecule has 0 aromatic rings. The maximum atomic E-state index is 9.84. The minimum absolute atomic E-state index is 0.0627. The van der Waals surface area contributed by atoms with Crippen LogP contribution < -0.4 is 5.32 Å². The molecular weight excluding hydrogens is 178 g/mol. The smallest absolute Gasteiger partial charge is 0.0693 e. The Morgan fingerprint density at radius 2 is 1.79 bits per heavy atom. The lowest BCUT2D eigenvalue weighted by molar-refractivity contribution is 0.0893. The quantitative estimate of drug-likeness (QED) is 0.598. The number of rotatable bonds is 3. The van der Waals surface area contributed by atoms with Gasteiger partial charge in [-0.2, -0.15) is 0 Å². The molecular formula is C11H23NO2. The van der Waals surface area contributed by atoms with Gasteiger partial charge in [0.15, 0.2) is 0 Å². The summed E-state index contributed by atoms with van der Waals surface area (Å²) in [7, 11) is 0. The monoisotopic (exact) mass is 201 g/mol. The van der Waals surface area contributed by atoms with E-state index >= 15 is 0 Å². The van der Waals surface area contributed by atoms with E-state index in [0.29, 0.717) is 0 Å². The van der Waals surface area contributed by atoms with Crippen molar-refractivity contribution < 1.29 is 10.2 Å². The highest BCUT2D eigenvalue weighted by atomic mass is 16.3. The Morgan fingerprint density at radius 1 is 1.14 bits per heavy atom. The van der Waals surface area contributed by atoms with E-state index in [2.05, 4.69) is 5.32 Å². The SMILES string of the molecule is CC(O)C(C)NC1CCCCCC1O. The first-order valence-corrected chi connectivity index (χ1v) is 5.73. The van der Waals surface area contributed by atoms with Gasteiger partial charge >= 0.3 is 0 Å². The van der Waals surface area contributed by atoms with Gasteiger partial charge in [-0.15, -0.1) is 0 Å². The fourth-order valence-electron chi connectivity index (χ4n) is 1.96. The predicted molar refractivity (Wildman–Crippen MR) is 57.2 cm³/mol. The molecule has 0 amide bonds. The normalized spacial score (nSPS) is 33.4. The third-order valence-electron chi connectivity index (χ3n) is 3.18. The number of hydrogen-bond donors (Lipinski definition) is 3. The van der Waals surface area contributed by atoms with Crippen LogP contribution >= 0.6 is 0 Å². The van der Waals surface area contributed by atoms with Crippen molar-refractivity contribution in [1.82, 2.24) is 5.32 Å². The average Bonchev–Trinajstić information content (AvgIpc) is 2.32. The minimum Gasteiger partial charge on any atom is -0.392 e. The maximum Gasteiger partial charge on any atom is 0.0693 e. The van der Waals surface area contributed by atoms with E-state index in [1.54, 1.807) is 6.92 Å². The zero-order valence-corrected chi connectivity index (χ0v) is 9.24. The molecule has 0 spiro atoms. The summed E-state index contributed by atoms with van der Waals surface area (Å²) in [5.41, 5.74) is 0. The first kappa shape index (κ1) is 12.0. The molecule has 14 heavy (non-hydrogen) atoms. The summed E-state index contributed by atoms with van der Waals surface area (Å²) >= 11 is 0. The summed E-state index contributed by atoms with van der Waals surface area (Å²) in [6.45, 7) is 3.74. The van der Waals surface area contributed by atoms with Crippen molar-refractivity contribution in [3.63, 3.8) is 0 Å². The van der Waals surface area contributed by atoms with Crippen molar-refractivity contribution in [2.24, 2.45) is 0 Å². The molecule has 0 heterocycles. The Labute approximate surface area is 86.5 Å². The number of aliphatic hydroxyl groups is 2. The average molecular weight is 201 g/mol. The van der Waals surface area contributed by atoms with E-state index in [1.807, 2.05) is 6.92 Å². The standard InChI is InChI=1S/C11H23NO2/c1-8(9(2)13)12-10-6-4-3-5-7-11(10)14/h8-14H,3-7H2,1-2H3. The van der Waals surface area contributed by atoms with E-state index in [-0.39, 0.29) is 24.3 Å². The number of nitrogens with one attached hydrogen (secondary N) is 1. The van der Waals surface area contributed by atoms with Gasteiger partial charge in [-0.25, -0.2) is 0 Å². The Hall–Kier alpha value is -0.120. The van der Waals surface area contributed by atoms with Gasteiger partial charge in [-0.1, -0.05) is 19.3 Å². The third-order valence-corrected chi connectivity index (χ3v) is 3.18. The number of hydrogen-bond acceptors (Lipinski definition) is 3. The first-order valence-electron chi connectivity index (χ1n) is 5.73. The highest BCUT2D eigenvalue weighted by Gasteiger charge is 2.23. The molecule has 4 atom stereocenters. The topological polar surface area (TPSA) is 52.5 Å². The van der Waals surface area contributed by atoms with Gasteiger partial charge in [0.1, 0.15) is 0 Å². The van der Waals surface area contributed by atoms with Crippen molar-refractivity contribution in [2.45, 2.75) is 70.2 Å². The van der Waals surface area contributed by atoms with Crippen LogP contribution in [0.3, 0.4) is 0 Å². The van der Waals surface area contributed by atoms with Gasteiger partial charge in [-0.05, 0) is 26.7 Å². The molecule has 3 nitrogen and oxygen atoms in total. The zero-order chi connectivity index (χ0) is 10.6. The van der Waals surface area contributed by atoms with Crippen molar-refractivity contribution in [1.29, 1.82) is 0 Å². The lowest BCUT2D eigenvalue weighted by atomic mass is 10.0. The molecule has 1 aliphatic rings. The molecule has 0 aromatic heterocycles. The molecule has 0 aliphatic heterocycles. The Balaban J connectivity index is 2.40. The second-order valence-corrected chi connectivity index (χ2v) is 4.51. The largest absolute Gasteiger partial charge is 0.392 e. The maximum absolute atomic E-state index is 9.84. The molecule has 3 heteroatoms. The second kappa shape index (κ2) is 5.69. The van der Waals surface area contributed by atoms with E-state index in [4.69, 9.17) is 0 Å². The summed E-state index contributed by atoms with van der Waals surface area (Å²) in [5.74, 6) is 0. The molecule has 1 fully saturated rings. The van der Waals surface area contributed by atoms with Gasteiger partial charge in [0.05, 0.1) is 12.2 Å². The van der Waals surface area contributed by atoms with E-state index in [9.17, 15) is 10.2 Å². The van der Waals surface area contributed by atoms with Gasteiger partial charge < -0.3 is 15.5 Å². The van der Waals surface area contributed by atoms with Crippen LogP contribution in [-0.4, -0.2) is 34.5 Å². The lowest BCUT2D eigenvalue weighted by Gasteiger charge is -2.27. The van der Waals surface area contributed by atoms with Crippen LogP contribution in [0, 0.1) is 0 Å². The van der Waals surface area contributed by atoms with E-state index in [1.165, 1.54) is 12.8 Å². The van der Waals surface area contributed by atoms with E-state index < -0.39 is 0 Å². The van der Waals surface area contributed by atoms with Crippen molar-refractivity contribution in [2.75, 3.05) is 0 Å². The zero-order valence-electron chi connectivity index (χ0n) is 9.24. The van der Waals surface area contributed by atoms with Crippen LogP contribution in [0.1, 0.15) is 46.0 Å². The summed E-state index contributed by atoms with van der Waals surface area (Å²) in [6, 6.07) is 0.231. The molecule has 1 aliphatic carbocycles. The minimum atomic E-state index is -0.356. The molecule has 1 rings (SSSR count). The third kappa shape index (κ3) is 3.56. The van der Waals surface area contributed by atoms with Gasteiger partial charge in [0.25, 0.3) is 0 Å². The molecule has 4 unspecified atom stereocenters. The fraction of sp³-hybridized carbons (Fsp3) is 1.00. The molecule has 1 saturated carbocycles. The summed E-state index contributed by atoms with van der Waals surface area (Å²) in [5, 5.41) is 22.5. The molecule has 3 N–H and O–H groups in total. The van der Waals surface area contributed by atoms with Crippen LogP contribution in [-0.2, 0) is 0 Å². The highest BCUT2D eigenvalue weighted by molar-refractivity contribution is 4.82. The van der Waals surface area contributed by atoms with Crippen molar-refractivity contribution >= 4 is 0 Å². The van der Waals surface area contributed by atoms with Gasteiger partial charge in [-0.3, -0.25) is 0 Å². The Morgan fingerprint density at radius 3 is 2.43 bits per heavy atom. The van der Waals surface area contributed by atoms with Crippen LogP contribution in [0.2, 0.25) is 0 Å². The Kier molecular flexibility index (Phi) is 4.85. The van der Waals surface area contributed by atoms with Crippen LogP contribution in [0.15, 0.2) is 0 Å². The summed E-state index contributed by atoms with van der Waals surface area (Å²) in [4.78, 5) is 0. The van der Waals surface area contributed by atoms with Crippen LogP contribution in [0.4, 0.5) is 0 Å². The molecule has 0 aromatic carbocycles. The number of aliphatic hydroxyl groups excluding tert-OH is 2. The van der Waals surface area contributed by atoms with Crippen LogP contribution in [0.5, 0.6) is 0 Å². The van der Waals surface area contributed by atoms with Crippen molar-refractivity contribution in [3.05, 3.63) is 0 Å². The summed E-state index contributed by atoms with van der Waals surface area (Å²) < 4.78 is 0. The Bertz CT molecular complexity index is 161. The molecule has 84 valence electrons. The fourth-order valence-corrected chi connectivity index (χ4v) is 1.96. The predicted octanol–water partition coefficient (Wildman–Crippen LogP) is 1.04. The van der Waals surface area contributed by atoms with Gasteiger partial charge in [0, 0.05) is 12.1 Å². The highest BCUT2D eigenvalue weighted by Crippen LogP contribution is 2.18. The lowest BCUT2D eigenvalue weighted by Crippen LogP contribution is -2.47. The van der Waals surface area contributed by atoms with Crippen molar-refractivity contribution in [3.8, 4) is 0 Å². The van der Waals surface area contributed by atoms with Crippen LogP contribution in [0.25, 0.3) is 0 Å².